The zero-order chi connectivity index (χ0) is 15.4. The number of amides is 1. The predicted molar refractivity (Wildman–Crippen MR) is 85.7 cm³/mol. The average molecular weight is 390 g/mol. The highest BCUT2D eigenvalue weighted by Crippen LogP contribution is 2.23. The van der Waals surface area contributed by atoms with Crippen molar-refractivity contribution in [2.24, 2.45) is 0 Å². The summed E-state index contributed by atoms with van der Waals surface area (Å²) in [7, 11) is 0. The van der Waals surface area contributed by atoms with Crippen LogP contribution in [0.4, 0.5) is 0 Å². The van der Waals surface area contributed by atoms with Gasteiger partial charge in [-0.1, -0.05) is 39.1 Å². The Morgan fingerprint density at radius 3 is 2.57 bits per heavy atom. The first kappa shape index (κ1) is 16.2. The fourth-order valence-electron chi connectivity index (χ4n) is 1.69. The standard InChI is InChI=1S/C14H11BrCl2N2O2/c15-9-1-2-18-12(5-9)14(21)19-7-13(20)8-3-10(16)6-11(17)4-8/h1-6,13,20H,7H2,(H,19,21). The van der Waals surface area contributed by atoms with Crippen LogP contribution in [-0.4, -0.2) is 22.5 Å². The van der Waals surface area contributed by atoms with E-state index in [4.69, 9.17) is 23.2 Å². The van der Waals surface area contributed by atoms with E-state index < -0.39 is 6.10 Å². The number of halogens is 3. The second kappa shape index (κ2) is 7.22. The molecule has 1 atom stereocenters. The highest BCUT2D eigenvalue weighted by molar-refractivity contribution is 9.10. The molecule has 1 aromatic carbocycles. The lowest BCUT2D eigenvalue weighted by Gasteiger charge is -2.13. The van der Waals surface area contributed by atoms with E-state index in [9.17, 15) is 9.90 Å². The molecule has 0 spiro atoms. The van der Waals surface area contributed by atoms with Crippen molar-refractivity contribution in [1.29, 1.82) is 0 Å². The van der Waals surface area contributed by atoms with E-state index in [1.807, 2.05) is 0 Å². The summed E-state index contributed by atoms with van der Waals surface area (Å²) in [5.41, 5.74) is 0.802. The van der Waals surface area contributed by atoms with E-state index in [0.717, 1.165) is 4.47 Å². The van der Waals surface area contributed by atoms with Gasteiger partial charge in [0.15, 0.2) is 0 Å². The van der Waals surface area contributed by atoms with Gasteiger partial charge < -0.3 is 10.4 Å². The maximum Gasteiger partial charge on any atom is 0.270 e. The van der Waals surface area contributed by atoms with Gasteiger partial charge in [-0.3, -0.25) is 9.78 Å². The van der Waals surface area contributed by atoms with E-state index in [1.54, 1.807) is 30.3 Å². The SMILES string of the molecule is O=C(NCC(O)c1cc(Cl)cc(Cl)c1)c1cc(Br)ccn1. The molecule has 2 aromatic rings. The normalized spacial score (nSPS) is 12.0. The molecule has 4 nitrogen and oxygen atoms in total. The number of hydrogen-bond donors (Lipinski definition) is 2. The van der Waals surface area contributed by atoms with Crippen LogP contribution in [0.3, 0.4) is 0 Å². The molecule has 0 bridgehead atoms. The molecule has 7 heteroatoms. The van der Waals surface area contributed by atoms with Crippen molar-refractivity contribution in [1.82, 2.24) is 10.3 Å². The predicted octanol–water partition coefficient (Wildman–Crippen LogP) is 3.61. The number of hydrogen-bond acceptors (Lipinski definition) is 3. The van der Waals surface area contributed by atoms with Gasteiger partial charge in [-0.2, -0.15) is 0 Å². The fourth-order valence-corrected chi connectivity index (χ4v) is 2.57. The first-order valence-corrected chi connectivity index (χ1v) is 7.54. The Morgan fingerprint density at radius 2 is 1.95 bits per heavy atom. The summed E-state index contributed by atoms with van der Waals surface area (Å²) in [5.74, 6) is -0.372. The Balaban J connectivity index is 2.00. The lowest BCUT2D eigenvalue weighted by molar-refractivity contribution is 0.0911. The molecule has 0 aliphatic carbocycles. The van der Waals surface area contributed by atoms with Gasteiger partial charge in [0.2, 0.25) is 0 Å². The number of carbonyl (C=O) groups is 1. The fraction of sp³-hybridized carbons (Fsp3) is 0.143. The van der Waals surface area contributed by atoms with Crippen LogP contribution < -0.4 is 5.32 Å². The molecule has 0 aliphatic rings. The Bertz CT molecular complexity index is 647. The Labute approximate surface area is 140 Å². The minimum Gasteiger partial charge on any atom is -0.387 e. The number of rotatable bonds is 4. The minimum atomic E-state index is -0.905. The van der Waals surface area contributed by atoms with Crippen molar-refractivity contribution >= 4 is 45.0 Å². The molecule has 1 aromatic heterocycles. The van der Waals surface area contributed by atoms with Gasteiger partial charge >= 0.3 is 0 Å². The first-order valence-electron chi connectivity index (χ1n) is 5.99. The number of nitrogens with one attached hydrogen (secondary N) is 1. The van der Waals surface area contributed by atoms with Crippen molar-refractivity contribution in [3.8, 4) is 0 Å². The Hall–Kier alpha value is -1.14. The lowest BCUT2D eigenvalue weighted by Crippen LogP contribution is -2.29. The van der Waals surface area contributed by atoms with Crippen LogP contribution in [0.2, 0.25) is 10.0 Å². The molecule has 0 fully saturated rings. The summed E-state index contributed by atoms with van der Waals surface area (Å²) in [5, 5.41) is 13.5. The number of carbonyl (C=O) groups excluding carboxylic acids is 1. The number of nitrogens with zero attached hydrogens (tertiary/aromatic N) is 1. The van der Waals surface area contributed by atoms with Crippen molar-refractivity contribution in [3.05, 3.63) is 62.3 Å². The third-order valence-corrected chi connectivity index (χ3v) is 3.61. The summed E-state index contributed by atoms with van der Waals surface area (Å²) in [6.07, 6.45) is 0.615. The van der Waals surface area contributed by atoms with Gasteiger partial charge in [0, 0.05) is 27.3 Å². The molecule has 1 heterocycles. The average Bonchev–Trinajstić information content (AvgIpc) is 2.43. The molecular formula is C14H11BrCl2N2O2. The van der Waals surface area contributed by atoms with Crippen LogP contribution in [-0.2, 0) is 0 Å². The summed E-state index contributed by atoms with van der Waals surface area (Å²) >= 11 is 15.0. The van der Waals surface area contributed by atoms with Crippen LogP contribution in [0.1, 0.15) is 22.2 Å². The Morgan fingerprint density at radius 1 is 1.29 bits per heavy atom. The molecule has 110 valence electrons. The molecule has 0 saturated carbocycles. The first-order chi connectivity index (χ1) is 9.95. The van der Waals surface area contributed by atoms with Crippen LogP contribution in [0.25, 0.3) is 0 Å². The van der Waals surface area contributed by atoms with E-state index >= 15 is 0 Å². The molecule has 2 N–H and O–H groups in total. The number of pyridine rings is 1. The van der Waals surface area contributed by atoms with Crippen molar-refractivity contribution in [2.75, 3.05) is 6.54 Å². The molecule has 1 amide bonds. The van der Waals surface area contributed by atoms with Crippen LogP contribution in [0.15, 0.2) is 41.0 Å². The maximum absolute atomic E-state index is 11.9. The molecule has 0 aliphatic heterocycles. The third kappa shape index (κ3) is 4.68. The van der Waals surface area contributed by atoms with Crippen molar-refractivity contribution in [3.63, 3.8) is 0 Å². The molecule has 1 unspecified atom stereocenters. The monoisotopic (exact) mass is 388 g/mol. The number of aliphatic hydroxyl groups excluding tert-OH is 1. The van der Waals surface area contributed by atoms with E-state index in [2.05, 4.69) is 26.2 Å². The molecule has 0 radical (unpaired) electrons. The van der Waals surface area contributed by atoms with Crippen molar-refractivity contribution < 1.29 is 9.90 Å². The lowest BCUT2D eigenvalue weighted by atomic mass is 10.1. The second-order valence-corrected chi connectivity index (χ2v) is 6.08. The summed E-state index contributed by atoms with van der Waals surface area (Å²) in [6.45, 7) is 0.0314. The third-order valence-electron chi connectivity index (χ3n) is 2.68. The quantitative estimate of drug-likeness (QED) is 0.839. The largest absolute Gasteiger partial charge is 0.387 e. The smallest absolute Gasteiger partial charge is 0.270 e. The number of aliphatic hydroxyl groups is 1. The maximum atomic E-state index is 11.9. The van der Waals surface area contributed by atoms with Gasteiger partial charge in [0.25, 0.3) is 5.91 Å². The topological polar surface area (TPSA) is 62.2 Å². The molecular weight excluding hydrogens is 379 g/mol. The van der Waals surface area contributed by atoms with Crippen molar-refractivity contribution in [2.45, 2.75) is 6.10 Å². The Kier molecular flexibility index (Phi) is 5.58. The van der Waals surface area contributed by atoms with Crippen LogP contribution in [0.5, 0.6) is 0 Å². The molecule has 21 heavy (non-hydrogen) atoms. The van der Waals surface area contributed by atoms with E-state index in [0.29, 0.717) is 15.6 Å². The van der Waals surface area contributed by atoms with E-state index in [-0.39, 0.29) is 18.1 Å². The van der Waals surface area contributed by atoms with Gasteiger partial charge in [-0.25, -0.2) is 0 Å². The summed E-state index contributed by atoms with van der Waals surface area (Å²) in [4.78, 5) is 15.9. The van der Waals surface area contributed by atoms with E-state index in [1.165, 1.54) is 6.20 Å². The zero-order valence-corrected chi connectivity index (χ0v) is 13.8. The highest BCUT2D eigenvalue weighted by Gasteiger charge is 2.13. The highest BCUT2D eigenvalue weighted by atomic mass is 79.9. The van der Waals surface area contributed by atoms with Crippen LogP contribution >= 0.6 is 39.1 Å². The molecule has 0 saturated heterocycles. The number of aromatic nitrogens is 1. The summed E-state index contributed by atoms with van der Waals surface area (Å²) in [6, 6.07) is 8.09. The van der Waals surface area contributed by atoms with Gasteiger partial charge in [-0.05, 0) is 35.9 Å². The second-order valence-electron chi connectivity index (χ2n) is 4.29. The molecule has 2 rings (SSSR count). The minimum absolute atomic E-state index is 0.0314. The zero-order valence-electron chi connectivity index (χ0n) is 10.7. The van der Waals surface area contributed by atoms with Gasteiger partial charge in [0.1, 0.15) is 5.69 Å². The summed E-state index contributed by atoms with van der Waals surface area (Å²) < 4.78 is 0.754. The number of benzene rings is 1. The van der Waals surface area contributed by atoms with Gasteiger partial charge in [0.05, 0.1) is 6.10 Å². The van der Waals surface area contributed by atoms with Crippen LogP contribution in [0, 0.1) is 0 Å². The van der Waals surface area contributed by atoms with Gasteiger partial charge in [-0.15, -0.1) is 0 Å².